The molecule has 31 heavy (non-hydrogen) atoms. The smallest absolute Gasteiger partial charge is 0.266 e. The van der Waals surface area contributed by atoms with Crippen LogP contribution in [0.2, 0.25) is 0 Å². The number of fused-ring (bicyclic) bond motifs is 1. The Kier molecular flexibility index (Phi) is 5.93. The highest BCUT2D eigenvalue weighted by Gasteiger charge is 2.26. The number of anilines is 1. The fraction of sp³-hybridized carbons (Fsp3) is 0.273. The molecule has 0 radical (unpaired) electrons. The number of nitriles is 1. The second kappa shape index (κ2) is 8.79. The summed E-state index contributed by atoms with van der Waals surface area (Å²) < 4.78 is 37.8. The van der Waals surface area contributed by atoms with Crippen molar-refractivity contribution in [1.29, 1.82) is 5.26 Å². The van der Waals surface area contributed by atoms with E-state index in [1.54, 1.807) is 30.3 Å². The van der Waals surface area contributed by atoms with Crippen molar-refractivity contribution >= 4 is 27.7 Å². The van der Waals surface area contributed by atoms with Gasteiger partial charge in [0, 0.05) is 18.8 Å². The van der Waals surface area contributed by atoms with Gasteiger partial charge in [-0.1, -0.05) is 18.6 Å². The molecule has 4 rings (SSSR count). The number of carbonyl (C=O) groups is 1. The van der Waals surface area contributed by atoms with Gasteiger partial charge in [0.1, 0.15) is 11.6 Å². The minimum absolute atomic E-state index is 0.116. The number of piperidine rings is 1. The predicted octanol–water partition coefficient (Wildman–Crippen LogP) is 3.14. The van der Waals surface area contributed by atoms with Gasteiger partial charge in [0.25, 0.3) is 5.91 Å². The first-order chi connectivity index (χ1) is 15.0. The summed E-state index contributed by atoms with van der Waals surface area (Å²) in [6, 6.07) is 13.1. The molecule has 9 heteroatoms. The van der Waals surface area contributed by atoms with Gasteiger partial charge in [0.15, 0.2) is 11.5 Å². The first-order valence-corrected chi connectivity index (χ1v) is 11.3. The molecule has 2 aromatic carbocycles. The molecule has 1 N–H and O–H groups in total. The van der Waals surface area contributed by atoms with Crippen molar-refractivity contribution in [3.8, 4) is 17.6 Å². The van der Waals surface area contributed by atoms with Gasteiger partial charge in [-0.3, -0.25) is 4.79 Å². The molecule has 0 saturated carbocycles. The second-order valence-electron chi connectivity index (χ2n) is 7.23. The molecule has 8 nitrogen and oxygen atoms in total. The van der Waals surface area contributed by atoms with E-state index in [4.69, 9.17) is 9.47 Å². The van der Waals surface area contributed by atoms with E-state index < -0.39 is 15.9 Å². The van der Waals surface area contributed by atoms with Crippen LogP contribution in [0.3, 0.4) is 0 Å². The van der Waals surface area contributed by atoms with Gasteiger partial charge < -0.3 is 14.8 Å². The molecule has 1 saturated heterocycles. The van der Waals surface area contributed by atoms with Crippen molar-refractivity contribution < 1.29 is 22.7 Å². The number of hydrogen-bond acceptors (Lipinski definition) is 6. The van der Waals surface area contributed by atoms with E-state index in [0.717, 1.165) is 19.3 Å². The van der Waals surface area contributed by atoms with Crippen LogP contribution in [0.4, 0.5) is 5.69 Å². The SMILES string of the molecule is N#C/C(=C\c1ccc2c(c1)OCO2)C(=O)Nc1cccc(S(=O)(=O)N2CCCCC2)c1. The summed E-state index contributed by atoms with van der Waals surface area (Å²) in [7, 11) is -3.62. The molecular weight excluding hydrogens is 418 g/mol. The van der Waals surface area contributed by atoms with Crippen LogP contribution in [0.15, 0.2) is 52.9 Å². The number of ether oxygens (including phenoxy) is 2. The standard InChI is InChI=1S/C22H21N3O5S/c23-14-17(11-16-7-8-20-21(12-16)30-15-29-20)22(26)24-18-5-4-6-19(13-18)31(27,28)25-9-2-1-3-10-25/h4-8,11-13H,1-3,9-10,15H2,(H,24,26)/b17-11+. The van der Waals surface area contributed by atoms with Crippen molar-refractivity contribution in [2.45, 2.75) is 24.2 Å². The molecule has 0 aliphatic carbocycles. The molecule has 0 spiro atoms. The summed E-state index contributed by atoms with van der Waals surface area (Å²) >= 11 is 0. The van der Waals surface area contributed by atoms with Gasteiger partial charge in [-0.05, 0) is 54.8 Å². The third kappa shape index (κ3) is 4.55. The van der Waals surface area contributed by atoms with E-state index in [-0.39, 0.29) is 17.3 Å². The monoisotopic (exact) mass is 439 g/mol. The van der Waals surface area contributed by atoms with Crippen LogP contribution in [-0.4, -0.2) is 38.5 Å². The van der Waals surface area contributed by atoms with Crippen LogP contribution in [0.25, 0.3) is 6.08 Å². The lowest BCUT2D eigenvalue weighted by molar-refractivity contribution is -0.112. The lowest BCUT2D eigenvalue weighted by atomic mass is 10.1. The van der Waals surface area contributed by atoms with E-state index >= 15 is 0 Å². The van der Waals surface area contributed by atoms with Crippen LogP contribution < -0.4 is 14.8 Å². The summed E-state index contributed by atoms with van der Waals surface area (Å²) in [4.78, 5) is 12.7. The summed E-state index contributed by atoms with van der Waals surface area (Å²) in [5, 5.41) is 12.1. The van der Waals surface area contributed by atoms with Crippen molar-refractivity contribution in [3.63, 3.8) is 0 Å². The first kappa shape index (κ1) is 20.9. The third-order valence-corrected chi connectivity index (χ3v) is 7.01. The van der Waals surface area contributed by atoms with Crippen LogP contribution in [0, 0.1) is 11.3 Å². The van der Waals surface area contributed by atoms with Crippen molar-refractivity contribution in [1.82, 2.24) is 4.31 Å². The highest BCUT2D eigenvalue weighted by atomic mass is 32.2. The summed E-state index contributed by atoms with van der Waals surface area (Å²) in [6.45, 7) is 1.12. The van der Waals surface area contributed by atoms with E-state index in [0.29, 0.717) is 35.8 Å². The number of amides is 1. The minimum atomic E-state index is -3.62. The average Bonchev–Trinajstić information content (AvgIpc) is 3.26. The van der Waals surface area contributed by atoms with Gasteiger partial charge in [-0.25, -0.2) is 8.42 Å². The average molecular weight is 439 g/mol. The van der Waals surface area contributed by atoms with Crippen molar-refractivity contribution in [3.05, 3.63) is 53.6 Å². The zero-order valence-corrected chi connectivity index (χ0v) is 17.5. The highest BCUT2D eigenvalue weighted by molar-refractivity contribution is 7.89. The molecule has 1 amide bonds. The van der Waals surface area contributed by atoms with Gasteiger partial charge in [0.05, 0.1) is 4.90 Å². The predicted molar refractivity (Wildman–Crippen MR) is 114 cm³/mol. The molecule has 0 atom stereocenters. The molecule has 2 aliphatic heterocycles. The number of hydrogen-bond donors (Lipinski definition) is 1. The van der Waals surface area contributed by atoms with Gasteiger partial charge in [0.2, 0.25) is 16.8 Å². The summed E-state index contributed by atoms with van der Waals surface area (Å²) in [6.07, 6.45) is 4.14. The molecule has 2 aliphatic rings. The number of carbonyl (C=O) groups excluding carboxylic acids is 1. The van der Waals surface area contributed by atoms with Crippen LogP contribution in [0.5, 0.6) is 11.5 Å². The van der Waals surface area contributed by atoms with Crippen molar-refractivity contribution in [2.24, 2.45) is 0 Å². The minimum Gasteiger partial charge on any atom is -0.454 e. The lowest BCUT2D eigenvalue weighted by Gasteiger charge is -2.26. The zero-order valence-electron chi connectivity index (χ0n) is 16.7. The Labute approximate surface area is 180 Å². The fourth-order valence-electron chi connectivity index (χ4n) is 3.51. The lowest BCUT2D eigenvalue weighted by Crippen LogP contribution is -2.35. The maximum atomic E-state index is 12.9. The Morgan fingerprint density at radius 1 is 1.06 bits per heavy atom. The number of benzene rings is 2. The maximum Gasteiger partial charge on any atom is 0.266 e. The van der Waals surface area contributed by atoms with E-state index in [1.165, 1.54) is 22.5 Å². The second-order valence-corrected chi connectivity index (χ2v) is 9.17. The largest absolute Gasteiger partial charge is 0.454 e. The molecule has 0 unspecified atom stereocenters. The normalized spacial score (nSPS) is 16.5. The molecule has 1 fully saturated rings. The fourth-order valence-corrected chi connectivity index (χ4v) is 5.07. The molecule has 160 valence electrons. The van der Waals surface area contributed by atoms with Crippen LogP contribution >= 0.6 is 0 Å². The number of nitrogens with zero attached hydrogens (tertiary/aromatic N) is 2. The number of rotatable bonds is 5. The Morgan fingerprint density at radius 2 is 1.84 bits per heavy atom. The Morgan fingerprint density at radius 3 is 2.61 bits per heavy atom. The van der Waals surface area contributed by atoms with E-state index in [1.807, 2.05) is 6.07 Å². The maximum absolute atomic E-state index is 12.9. The zero-order chi connectivity index (χ0) is 21.8. The number of nitrogens with one attached hydrogen (secondary N) is 1. The topological polar surface area (TPSA) is 109 Å². The molecule has 0 bridgehead atoms. The summed E-state index contributed by atoms with van der Waals surface area (Å²) in [5.74, 6) is 0.515. The quantitative estimate of drug-likeness (QED) is 0.566. The summed E-state index contributed by atoms with van der Waals surface area (Å²) in [5.41, 5.74) is 0.787. The Balaban J connectivity index is 1.52. The van der Waals surface area contributed by atoms with E-state index in [9.17, 15) is 18.5 Å². The van der Waals surface area contributed by atoms with Gasteiger partial charge >= 0.3 is 0 Å². The molecular formula is C22H21N3O5S. The van der Waals surface area contributed by atoms with Crippen LogP contribution in [-0.2, 0) is 14.8 Å². The van der Waals surface area contributed by atoms with Crippen molar-refractivity contribution in [2.75, 3.05) is 25.2 Å². The molecule has 0 aromatic heterocycles. The first-order valence-electron chi connectivity index (χ1n) is 9.90. The van der Waals surface area contributed by atoms with Crippen LogP contribution in [0.1, 0.15) is 24.8 Å². The molecule has 2 heterocycles. The molecule has 2 aromatic rings. The number of sulfonamides is 1. The Hall–Kier alpha value is -3.35. The third-order valence-electron chi connectivity index (χ3n) is 5.12. The van der Waals surface area contributed by atoms with Gasteiger partial charge in [-0.2, -0.15) is 9.57 Å². The van der Waals surface area contributed by atoms with Gasteiger partial charge in [-0.15, -0.1) is 0 Å². The highest BCUT2D eigenvalue weighted by Crippen LogP contribution is 2.33. The van der Waals surface area contributed by atoms with E-state index in [2.05, 4.69) is 5.32 Å². The Bertz CT molecular complexity index is 1180.